The van der Waals surface area contributed by atoms with Crippen molar-refractivity contribution in [1.82, 2.24) is 4.90 Å². The largest absolute Gasteiger partial charge is 0.389 e. The lowest BCUT2D eigenvalue weighted by atomic mass is 10.2. The lowest BCUT2D eigenvalue weighted by Gasteiger charge is -2.24. The summed E-state index contributed by atoms with van der Waals surface area (Å²) in [5.41, 5.74) is 0. The van der Waals surface area contributed by atoms with Gasteiger partial charge >= 0.3 is 0 Å². The highest BCUT2D eigenvalue weighted by atomic mass is 32.1. The number of methoxy groups -OCH3 is 1. The molecule has 0 aromatic carbocycles. The summed E-state index contributed by atoms with van der Waals surface area (Å²) < 4.78 is 10.6. The number of hydrogen-bond donors (Lipinski definition) is 1. The van der Waals surface area contributed by atoms with E-state index < -0.39 is 6.10 Å². The van der Waals surface area contributed by atoms with Gasteiger partial charge < -0.3 is 14.6 Å². The minimum atomic E-state index is -0.453. The molecular formula is C15H27NO3S. The van der Waals surface area contributed by atoms with E-state index in [9.17, 15) is 5.11 Å². The highest BCUT2D eigenvalue weighted by molar-refractivity contribution is 7.09. The molecule has 1 aromatic rings. The fourth-order valence-electron chi connectivity index (χ4n) is 1.87. The number of ether oxygens (including phenoxy) is 2. The summed E-state index contributed by atoms with van der Waals surface area (Å²) in [4.78, 5) is 3.51. The molecule has 1 heterocycles. The zero-order valence-electron chi connectivity index (χ0n) is 12.7. The Bertz CT molecular complexity index is 330. The third-order valence-corrected chi connectivity index (χ3v) is 3.66. The molecule has 20 heavy (non-hydrogen) atoms. The SMILES string of the molecule is COCCN(Cc1cccs1)C[C@@H](O)COCC(C)C. The molecule has 0 aliphatic rings. The molecule has 1 N–H and O–H groups in total. The van der Waals surface area contributed by atoms with Crippen molar-refractivity contribution in [2.45, 2.75) is 26.5 Å². The quantitative estimate of drug-likeness (QED) is 0.680. The average molecular weight is 301 g/mol. The van der Waals surface area contributed by atoms with Crippen LogP contribution < -0.4 is 0 Å². The van der Waals surface area contributed by atoms with E-state index in [0.29, 0.717) is 32.3 Å². The van der Waals surface area contributed by atoms with Gasteiger partial charge in [-0.15, -0.1) is 11.3 Å². The minimum Gasteiger partial charge on any atom is -0.389 e. The van der Waals surface area contributed by atoms with E-state index >= 15 is 0 Å². The molecule has 0 amide bonds. The first kappa shape index (κ1) is 17.6. The van der Waals surface area contributed by atoms with Gasteiger partial charge in [-0.1, -0.05) is 19.9 Å². The highest BCUT2D eigenvalue weighted by Crippen LogP contribution is 2.12. The Morgan fingerprint density at radius 2 is 2.15 bits per heavy atom. The predicted octanol–water partition coefficient (Wildman–Crippen LogP) is 2.23. The summed E-state index contributed by atoms with van der Waals surface area (Å²) in [5.74, 6) is 0.498. The molecule has 1 rings (SSSR count). The molecule has 5 heteroatoms. The van der Waals surface area contributed by atoms with Crippen LogP contribution in [0.15, 0.2) is 17.5 Å². The Morgan fingerprint density at radius 3 is 2.75 bits per heavy atom. The Kier molecular flexibility index (Phi) is 9.05. The highest BCUT2D eigenvalue weighted by Gasteiger charge is 2.13. The van der Waals surface area contributed by atoms with Gasteiger partial charge in [-0.05, 0) is 17.4 Å². The zero-order valence-corrected chi connectivity index (χ0v) is 13.6. The van der Waals surface area contributed by atoms with E-state index in [1.165, 1.54) is 4.88 Å². The molecule has 0 fully saturated rings. The Labute approximate surface area is 126 Å². The molecule has 0 spiro atoms. The molecule has 0 saturated heterocycles. The molecule has 0 aliphatic heterocycles. The molecule has 4 nitrogen and oxygen atoms in total. The second-order valence-corrected chi connectivity index (χ2v) is 6.42. The summed E-state index contributed by atoms with van der Waals surface area (Å²) in [5, 5.41) is 12.1. The Balaban J connectivity index is 2.34. The van der Waals surface area contributed by atoms with Gasteiger partial charge in [0.1, 0.15) is 0 Å². The van der Waals surface area contributed by atoms with Crippen molar-refractivity contribution in [3.63, 3.8) is 0 Å². The van der Waals surface area contributed by atoms with Crippen LogP contribution in [0.2, 0.25) is 0 Å². The van der Waals surface area contributed by atoms with Gasteiger partial charge in [0.25, 0.3) is 0 Å². The van der Waals surface area contributed by atoms with Gasteiger partial charge in [-0.2, -0.15) is 0 Å². The second-order valence-electron chi connectivity index (χ2n) is 5.39. The molecule has 0 radical (unpaired) electrons. The zero-order chi connectivity index (χ0) is 14.8. The van der Waals surface area contributed by atoms with Gasteiger partial charge in [-0.25, -0.2) is 0 Å². The van der Waals surface area contributed by atoms with Crippen LogP contribution in [-0.4, -0.2) is 56.1 Å². The van der Waals surface area contributed by atoms with Crippen molar-refractivity contribution in [3.8, 4) is 0 Å². The van der Waals surface area contributed by atoms with E-state index in [1.54, 1.807) is 18.4 Å². The summed E-state index contributed by atoms with van der Waals surface area (Å²) in [6.07, 6.45) is -0.453. The monoisotopic (exact) mass is 301 g/mol. The first-order valence-corrected chi connectivity index (χ1v) is 7.99. The smallest absolute Gasteiger partial charge is 0.0900 e. The maximum absolute atomic E-state index is 10.1. The van der Waals surface area contributed by atoms with Crippen LogP contribution >= 0.6 is 11.3 Å². The van der Waals surface area contributed by atoms with Crippen LogP contribution in [0, 0.1) is 5.92 Å². The average Bonchev–Trinajstić information content (AvgIpc) is 2.88. The molecule has 0 saturated carbocycles. The predicted molar refractivity (Wildman–Crippen MR) is 83.1 cm³/mol. The number of aliphatic hydroxyl groups is 1. The molecule has 116 valence electrons. The van der Waals surface area contributed by atoms with E-state index in [2.05, 4.69) is 36.3 Å². The van der Waals surface area contributed by atoms with Crippen LogP contribution in [-0.2, 0) is 16.0 Å². The third-order valence-electron chi connectivity index (χ3n) is 2.80. The summed E-state index contributed by atoms with van der Waals surface area (Å²) in [7, 11) is 1.70. The number of hydrogen-bond acceptors (Lipinski definition) is 5. The molecule has 0 aliphatic carbocycles. The normalized spacial score (nSPS) is 13.3. The minimum absolute atomic E-state index is 0.395. The lowest BCUT2D eigenvalue weighted by molar-refractivity contribution is 0.00352. The second kappa shape index (κ2) is 10.3. The van der Waals surface area contributed by atoms with E-state index in [0.717, 1.165) is 13.1 Å². The third kappa shape index (κ3) is 7.97. The number of aliphatic hydroxyl groups excluding tert-OH is 1. The summed E-state index contributed by atoms with van der Waals surface area (Å²) in [6, 6.07) is 4.17. The topological polar surface area (TPSA) is 41.9 Å². The molecular weight excluding hydrogens is 274 g/mol. The van der Waals surface area contributed by atoms with Crippen LogP contribution in [0.4, 0.5) is 0 Å². The van der Waals surface area contributed by atoms with Crippen molar-refractivity contribution in [1.29, 1.82) is 0 Å². The van der Waals surface area contributed by atoms with Crippen LogP contribution in [0.25, 0.3) is 0 Å². The van der Waals surface area contributed by atoms with Gasteiger partial charge in [0.15, 0.2) is 0 Å². The standard InChI is InChI=1S/C15H27NO3S/c1-13(2)11-19-12-14(17)9-16(6-7-18-3)10-15-5-4-8-20-15/h4-5,8,13-14,17H,6-7,9-12H2,1-3H3/t14-/m1/s1. The van der Waals surface area contributed by atoms with Crippen LogP contribution in [0.3, 0.4) is 0 Å². The number of thiophene rings is 1. The number of rotatable bonds is 11. The van der Waals surface area contributed by atoms with Crippen molar-refractivity contribution >= 4 is 11.3 Å². The molecule has 0 unspecified atom stereocenters. The van der Waals surface area contributed by atoms with Gasteiger partial charge in [0, 0.05) is 38.2 Å². The molecule has 1 atom stereocenters. The van der Waals surface area contributed by atoms with Crippen molar-refractivity contribution in [3.05, 3.63) is 22.4 Å². The van der Waals surface area contributed by atoms with Gasteiger partial charge in [0.05, 0.1) is 19.3 Å². The van der Waals surface area contributed by atoms with E-state index in [-0.39, 0.29) is 0 Å². The summed E-state index contributed by atoms with van der Waals surface area (Å²) >= 11 is 1.74. The fraction of sp³-hybridized carbons (Fsp3) is 0.733. The molecule has 0 bridgehead atoms. The fourth-order valence-corrected chi connectivity index (χ4v) is 2.61. The van der Waals surface area contributed by atoms with Crippen LogP contribution in [0.1, 0.15) is 18.7 Å². The van der Waals surface area contributed by atoms with E-state index in [1.807, 2.05) is 0 Å². The van der Waals surface area contributed by atoms with Crippen molar-refractivity contribution in [2.75, 3.05) is 40.0 Å². The van der Waals surface area contributed by atoms with Gasteiger partial charge in [0.2, 0.25) is 0 Å². The summed E-state index contributed by atoms with van der Waals surface area (Å²) in [6.45, 7) is 8.25. The Hall–Kier alpha value is -0.460. The van der Waals surface area contributed by atoms with Crippen molar-refractivity contribution in [2.24, 2.45) is 5.92 Å². The van der Waals surface area contributed by atoms with E-state index in [4.69, 9.17) is 9.47 Å². The first-order valence-electron chi connectivity index (χ1n) is 7.11. The van der Waals surface area contributed by atoms with Crippen molar-refractivity contribution < 1.29 is 14.6 Å². The Morgan fingerprint density at radius 1 is 1.35 bits per heavy atom. The number of nitrogens with zero attached hydrogens (tertiary/aromatic N) is 1. The maximum atomic E-state index is 10.1. The first-order chi connectivity index (χ1) is 9.61. The molecule has 1 aromatic heterocycles. The van der Waals surface area contributed by atoms with Gasteiger partial charge in [-0.3, -0.25) is 4.90 Å². The van der Waals surface area contributed by atoms with Crippen LogP contribution in [0.5, 0.6) is 0 Å². The lowest BCUT2D eigenvalue weighted by Crippen LogP contribution is -2.36. The maximum Gasteiger partial charge on any atom is 0.0900 e.